The first-order valence-corrected chi connectivity index (χ1v) is 13.5. The van der Waals surface area contributed by atoms with Gasteiger partial charge in [0.05, 0.1) is 30.7 Å². The van der Waals surface area contributed by atoms with Crippen LogP contribution in [0.2, 0.25) is 0 Å². The Balaban J connectivity index is 1.35. The van der Waals surface area contributed by atoms with Gasteiger partial charge in [-0.3, -0.25) is 19.8 Å². The first-order valence-electron chi connectivity index (χ1n) is 11.6. The number of hydrogen-bond donors (Lipinski definition) is 6. The van der Waals surface area contributed by atoms with Crippen LogP contribution in [0.4, 0.5) is 0 Å². The summed E-state index contributed by atoms with van der Waals surface area (Å²) in [4.78, 5) is 25.0. The summed E-state index contributed by atoms with van der Waals surface area (Å²) < 4.78 is 21.6. The van der Waals surface area contributed by atoms with Crippen molar-refractivity contribution in [3.63, 3.8) is 0 Å². The third kappa shape index (κ3) is 6.64. The van der Waals surface area contributed by atoms with E-state index in [1.165, 1.54) is 11.3 Å². The zero-order valence-electron chi connectivity index (χ0n) is 20.7. The summed E-state index contributed by atoms with van der Waals surface area (Å²) in [5, 5.41) is 13.4. The highest BCUT2D eigenvalue weighted by molar-refractivity contribution is 7.91. The van der Waals surface area contributed by atoms with Crippen molar-refractivity contribution in [2.75, 3.05) is 20.7 Å². The highest BCUT2D eigenvalue weighted by atomic mass is 32.2. The van der Waals surface area contributed by atoms with Gasteiger partial charge in [-0.05, 0) is 41.5 Å². The summed E-state index contributed by atoms with van der Waals surface area (Å²) in [5.41, 5.74) is 10.6. The monoisotopic (exact) mass is 556 g/mol. The lowest BCUT2D eigenvalue weighted by atomic mass is 10.0. The molecule has 1 aromatic heterocycles. The summed E-state index contributed by atoms with van der Waals surface area (Å²) in [6.07, 6.45) is 2.00. The molecular weight excluding hydrogens is 528 g/mol. The number of thiophene rings is 1. The zero-order valence-corrected chi connectivity index (χ0v) is 22.3. The van der Waals surface area contributed by atoms with E-state index < -0.39 is 23.3 Å². The van der Waals surface area contributed by atoms with Crippen molar-refractivity contribution in [1.29, 1.82) is 0 Å². The molecule has 11 nitrogen and oxygen atoms in total. The summed E-state index contributed by atoms with van der Waals surface area (Å²) in [5.74, 6) is -0.0322. The molecule has 0 bridgehead atoms. The van der Waals surface area contributed by atoms with Crippen molar-refractivity contribution in [3.05, 3.63) is 83.7 Å². The molecule has 0 radical (unpaired) electrons. The maximum atomic E-state index is 12.9. The smallest absolute Gasteiger partial charge is 0.268 e. The molecule has 2 atom stereocenters. The first kappa shape index (κ1) is 27.4. The van der Waals surface area contributed by atoms with E-state index in [0.717, 1.165) is 16.0 Å². The fourth-order valence-electron chi connectivity index (χ4n) is 3.72. The largest absolute Gasteiger partial charge is 0.592 e. The van der Waals surface area contributed by atoms with Crippen LogP contribution in [0.25, 0.3) is 10.4 Å². The number of hydrazine groups is 2. The Kier molecular flexibility index (Phi) is 9.23. The van der Waals surface area contributed by atoms with Gasteiger partial charge in [0.1, 0.15) is 11.8 Å². The molecule has 1 unspecified atom stereocenters. The molecule has 0 fully saturated rings. The predicted octanol–water partition coefficient (Wildman–Crippen LogP) is 1.68. The minimum Gasteiger partial charge on any atom is -0.592 e. The van der Waals surface area contributed by atoms with Gasteiger partial charge in [-0.2, -0.15) is 0 Å². The minimum absolute atomic E-state index is 0.152. The summed E-state index contributed by atoms with van der Waals surface area (Å²) in [6, 6.07) is 17.4. The topological polar surface area (TPSA) is 150 Å². The third-order valence-electron chi connectivity index (χ3n) is 5.79. The van der Waals surface area contributed by atoms with Crippen LogP contribution in [-0.4, -0.2) is 53.3 Å². The lowest BCUT2D eigenvalue weighted by Gasteiger charge is -2.25. The third-order valence-corrected chi connectivity index (χ3v) is 8.33. The van der Waals surface area contributed by atoms with Crippen LogP contribution in [0.1, 0.15) is 15.9 Å². The summed E-state index contributed by atoms with van der Waals surface area (Å²) in [6.45, 7) is 0.236. The van der Waals surface area contributed by atoms with Crippen molar-refractivity contribution in [2.45, 2.75) is 16.7 Å². The van der Waals surface area contributed by atoms with Crippen LogP contribution < -0.4 is 31.2 Å². The molecule has 1 aliphatic rings. The van der Waals surface area contributed by atoms with Gasteiger partial charge in [-0.15, -0.1) is 10.3 Å². The van der Waals surface area contributed by atoms with Gasteiger partial charge >= 0.3 is 0 Å². The number of hydroxylamine groups is 1. The second-order valence-corrected chi connectivity index (χ2v) is 10.8. The molecular formula is C25H28N6O5S2. The van der Waals surface area contributed by atoms with Crippen LogP contribution in [0.5, 0.6) is 5.75 Å². The van der Waals surface area contributed by atoms with E-state index in [1.54, 1.807) is 61.2 Å². The standard InChI is InChI=1S/C25H28N6O5S2/c1-26-24(32)18-7-5-17(6-8-18)22-11-12-23(37-22)38(35)27-14-19-15-31(30-28-19)21(25(33)29-34)13-16-3-9-20(36-2)10-4-16/h3-12,15,21,27-28,30,34H,13-14H2,1-2H3,(H,26,32)(H,29,33)/t21-,38?/m0/s1. The summed E-state index contributed by atoms with van der Waals surface area (Å²) in [7, 11) is 3.16. The Labute approximate surface area is 227 Å². The number of benzene rings is 2. The molecule has 0 spiro atoms. The van der Waals surface area contributed by atoms with Crippen molar-refractivity contribution >= 4 is 34.5 Å². The van der Waals surface area contributed by atoms with E-state index in [4.69, 9.17) is 4.74 Å². The highest BCUT2D eigenvalue weighted by Gasteiger charge is 2.28. The number of hydrogen-bond acceptors (Lipinski definition) is 10. The van der Waals surface area contributed by atoms with Crippen LogP contribution in [0, 0.1) is 0 Å². The maximum Gasteiger partial charge on any atom is 0.268 e. The van der Waals surface area contributed by atoms with Crippen molar-refractivity contribution in [2.24, 2.45) is 0 Å². The quantitative estimate of drug-likeness (QED) is 0.118. The van der Waals surface area contributed by atoms with E-state index >= 15 is 0 Å². The molecule has 1 aliphatic heterocycles. The van der Waals surface area contributed by atoms with Gasteiger partial charge in [-0.1, -0.05) is 35.6 Å². The molecule has 2 heterocycles. The number of methoxy groups -OCH3 is 1. The predicted molar refractivity (Wildman–Crippen MR) is 144 cm³/mol. The molecule has 200 valence electrons. The molecule has 3 aromatic rings. The van der Waals surface area contributed by atoms with Gasteiger partial charge in [0.25, 0.3) is 11.8 Å². The average molecular weight is 557 g/mol. The molecule has 38 heavy (non-hydrogen) atoms. The van der Waals surface area contributed by atoms with Gasteiger partial charge in [-0.25, -0.2) is 5.48 Å². The molecule has 2 amide bonds. The number of rotatable bonds is 11. The Hall–Kier alpha value is -3.59. The first-order chi connectivity index (χ1) is 18.4. The van der Waals surface area contributed by atoms with Crippen molar-refractivity contribution < 1.29 is 24.1 Å². The van der Waals surface area contributed by atoms with Gasteiger partial charge < -0.3 is 20.0 Å². The minimum atomic E-state index is -1.47. The van der Waals surface area contributed by atoms with E-state index in [9.17, 15) is 19.3 Å². The van der Waals surface area contributed by atoms with E-state index in [-0.39, 0.29) is 12.5 Å². The number of amides is 2. The van der Waals surface area contributed by atoms with Crippen molar-refractivity contribution in [3.8, 4) is 16.2 Å². The number of carbonyl (C=O) groups is 2. The van der Waals surface area contributed by atoms with E-state index in [1.807, 2.05) is 30.3 Å². The number of ether oxygens (including phenoxy) is 1. The molecule has 0 aliphatic carbocycles. The Bertz CT molecular complexity index is 1280. The fourth-order valence-corrected chi connectivity index (χ4v) is 5.84. The van der Waals surface area contributed by atoms with Crippen LogP contribution >= 0.6 is 11.3 Å². The van der Waals surface area contributed by atoms with Gasteiger partial charge in [0, 0.05) is 36.2 Å². The van der Waals surface area contributed by atoms with Crippen LogP contribution in [0.3, 0.4) is 0 Å². The SMILES string of the molecule is CNC(=O)c1ccc(-c2ccc([S+]([O-])NCC3=CN([C@@H](Cc4ccc(OC)cc4)C(=O)NO)NN3)s2)cc1. The molecule has 4 rings (SSSR count). The van der Waals surface area contributed by atoms with Crippen molar-refractivity contribution in [1.82, 2.24) is 31.5 Å². The average Bonchev–Trinajstić information content (AvgIpc) is 3.65. The zero-order chi connectivity index (χ0) is 27.1. The molecule has 13 heteroatoms. The second kappa shape index (κ2) is 12.8. The lowest BCUT2D eigenvalue weighted by Crippen LogP contribution is -2.51. The normalized spacial score (nSPS) is 14.3. The number of nitrogens with zero attached hydrogens (tertiary/aromatic N) is 1. The van der Waals surface area contributed by atoms with E-state index in [0.29, 0.717) is 27.6 Å². The number of carbonyl (C=O) groups excluding carboxylic acids is 2. The maximum absolute atomic E-state index is 12.9. The van der Waals surface area contributed by atoms with Crippen LogP contribution in [-0.2, 0) is 22.6 Å². The molecule has 2 aromatic carbocycles. The highest BCUT2D eigenvalue weighted by Crippen LogP contribution is 2.31. The Morgan fingerprint density at radius 3 is 2.53 bits per heavy atom. The second-order valence-electron chi connectivity index (χ2n) is 8.21. The van der Waals surface area contributed by atoms with Gasteiger partial charge in [0.15, 0.2) is 0 Å². The van der Waals surface area contributed by atoms with E-state index in [2.05, 4.69) is 21.0 Å². The Morgan fingerprint density at radius 1 is 1.13 bits per heavy atom. The fraction of sp³-hybridized carbons (Fsp3) is 0.200. The summed E-state index contributed by atoms with van der Waals surface area (Å²) >= 11 is -0.0725. The molecule has 0 saturated carbocycles. The molecule has 6 N–H and O–H groups in total. The van der Waals surface area contributed by atoms with Crippen LogP contribution in [0.15, 0.2) is 76.8 Å². The lowest BCUT2D eigenvalue weighted by molar-refractivity contribution is -0.134. The van der Waals surface area contributed by atoms with Gasteiger partial charge in [0.2, 0.25) is 4.21 Å². The Morgan fingerprint density at radius 2 is 1.87 bits per heavy atom. The molecule has 0 saturated heterocycles. The number of nitrogens with one attached hydrogen (secondary N) is 5.